The molecule has 112 valence electrons. The topological polar surface area (TPSA) is 40.7 Å². The van der Waals surface area contributed by atoms with Gasteiger partial charge in [-0.15, -0.1) is 0 Å². The molecular weight excluding hydrogens is 258 g/mol. The van der Waals surface area contributed by atoms with E-state index in [0.717, 1.165) is 22.8 Å². The number of H-pyrrole nitrogens is 1. The Bertz CT molecular complexity index is 695. The first-order valence-electron chi connectivity index (χ1n) is 8.11. The van der Waals surface area contributed by atoms with Crippen molar-refractivity contribution in [1.82, 2.24) is 9.97 Å². The van der Waals surface area contributed by atoms with Crippen molar-refractivity contribution in [3.05, 3.63) is 24.0 Å². The molecule has 3 heteroatoms. The lowest BCUT2D eigenvalue weighted by molar-refractivity contribution is 0.155. The maximum atomic E-state index is 4.48. The number of anilines is 1. The van der Waals surface area contributed by atoms with E-state index in [1.165, 1.54) is 24.9 Å². The summed E-state index contributed by atoms with van der Waals surface area (Å²) < 4.78 is 0. The Morgan fingerprint density at radius 3 is 2.81 bits per heavy atom. The molecule has 2 saturated carbocycles. The highest BCUT2D eigenvalue weighted by Crippen LogP contribution is 2.63. The lowest BCUT2D eigenvalue weighted by Gasteiger charge is -2.43. The maximum absolute atomic E-state index is 4.48. The smallest absolute Gasteiger partial charge is 0.104 e. The first kappa shape index (κ1) is 13.2. The zero-order chi connectivity index (χ0) is 14.8. The van der Waals surface area contributed by atoms with Gasteiger partial charge in [0, 0.05) is 11.7 Å². The normalized spacial score (nSPS) is 33.7. The Hall–Kier alpha value is -1.51. The van der Waals surface area contributed by atoms with Gasteiger partial charge in [-0.25, -0.2) is 4.98 Å². The zero-order valence-electron chi connectivity index (χ0n) is 13.5. The van der Waals surface area contributed by atoms with Crippen molar-refractivity contribution < 1.29 is 0 Å². The molecule has 2 fully saturated rings. The number of benzene rings is 1. The summed E-state index contributed by atoms with van der Waals surface area (Å²) in [6.07, 6.45) is 4.15. The summed E-state index contributed by atoms with van der Waals surface area (Å²) in [6, 6.07) is 7.06. The van der Waals surface area contributed by atoms with Gasteiger partial charge >= 0.3 is 0 Å². The monoisotopic (exact) mass is 283 g/mol. The highest BCUT2D eigenvalue weighted by Gasteiger charge is 2.59. The van der Waals surface area contributed by atoms with Crippen LogP contribution in [-0.2, 0) is 0 Å². The predicted octanol–water partition coefficient (Wildman–Crippen LogP) is 4.50. The van der Waals surface area contributed by atoms with Crippen molar-refractivity contribution in [3.8, 4) is 0 Å². The minimum atomic E-state index is 0.381. The standard InChI is InChI=1S/C18H25N3/c1-11-19-14-6-5-13(9-15(14)20-11)21-16-17(2,3)12-7-8-18(16,4)10-12/h5-6,9,12,16,21H,7-8,10H2,1-4H3,(H,19,20)/t12-,16?,18+/m0/s1. The van der Waals surface area contributed by atoms with Crippen LogP contribution in [0.1, 0.15) is 45.9 Å². The molecule has 4 rings (SSSR count). The van der Waals surface area contributed by atoms with Crippen LogP contribution in [0, 0.1) is 23.7 Å². The number of nitrogens with one attached hydrogen (secondary N) is 2. The highest BCUT2D eigenvalue weighted by molar-refractivity contribution is 5.79. The van der Waals surface area contributed by atoms with Crippen molar-refractivity contribution in [2.45, 2.75) is 53.0 Å². The van der Waals surface area contributed by atoms with Crippen molar-refractivity contribution in [2.75, 3.05) is 5.32 Å². The van der Waals surface area contributed by atoms with Crippen LogP contribution in [0.4, 0.5) is 5.69 Å². The van der Waals surface area contributed by atoms with Crippen LogP contribution < -0.4 is 5.32 Å². The average molecular weight is 283 g/mol. The maximum Gasteiger partial charge on any atom is 0.104 e. The van der Waals surface area contributed by atoms with Gasteiger partial charge in [-0.1, -0.05) is 20.8 Å². The number of aryl methyl sites for hydroxylation is 1. The van der Waals surface area contributed by atoms with Crippen LogP contribution in [0.25, 0.3) is 11.0 Å². The fraction of sp³-hybridized carbons (Fsp3) is 0.611. The van der Waals surface area contributed by atoms with Crippen LogP contribution in [-0.4, -0.2) is 16.0 Å². The fourth-order valence-electron chi connectivity index (χ4n) is 5.06. The average Bonchev–Trinajstić information content (AvgIpc) is 3.02. The number of aromatic amines is 1. The van der Waals surface area contributed by atoms with Crippen molar-refractivity contribution in [3.63, 3.8) is 0 Å². The summed E-state index contributed by atoms with van der Waals surface area (Å²) in [7, 11) is 0. The van der Waals surface area contributed by atoms with E-state index in [0.29, 0.717) is 16.9 Å². The third-order valence-corrected chi connectivity index (χ3v) is 6.18. The van der Waals surface area contributed by atoms with Crippen LogP contribution in [0.2, 0.25) is 0 Å². The molecule has 1 aromatic heterocycles. The quantitative estimate of drug-likeness (QED) is 0.852. The molecule has 2 aliphatic carbocycles. The molecule has 3 nitrogen and oxygen atoms in total. The van der Waals surface area contributed by atoms with Gasteiger partial charge in [-0.05, 0) is 61.1 Å². The molecular formula is C18H25N3. The molecule has 1 aromatic carbocycles. The minimum Gasteiger partial charge on any atom is -0.381 e. The van der Waals surface area contributed by atoms with Gasteiger partial charge in [0.15, 0.2) is 0 Å². The van der Waals surface area contributed by atoms with Gasteiger partial charge in [0.05, 0.1) is 11.0 Å². The lowest BCUT2D eigenvalue weighted by Crippen LogP contribution is -2.45. The predicted molar refractivity (Wildman–Crippen MR) is 87.5 cm³/mol. The Kier molecular flexibility index (Phi) is 2.52. The largest absolute Gasteiger partial charge is 0.381 e. The van der Waals surface area contributed by atoms with Crippen LogP contribution in [0.15, 0.2) is 18.2 Å². The molecule has 2 aromatic rings. The Morgan fingerprint density at radius 1 is 1.29 bits per heavy atom. The summed E-state index contributed by atoms with van der Waals surface area (Å²) in [4.78, 5) is 7.82. The zero-order valence-corrected chi connectivity index (χ0v) is 13.5. The number of nitrogens with zero attached hydrogens (tertiary/aromatic N) is 1. The summed E-state index contributed by atoms with van der Waals surface area (Å²) in [5, 5.41) is 3.86. The van der Waals surface area contributed by atoms with Gasteiger partial charge in [-0.2, -0.15) is 0 Å². The molecule has 1 unspecified atom stereocenters. The first-order chi connectivity index (χ1) is 9.88. The second-order valence-corrected chi connectivity index (χ2v) is 8.05. The van der Waals surface area contributed by atoms with Crippen molar-refractivity contribution >= 4 is 16.7 Å². The molecule has 0 spiro atoms. The number of aromatic nitrogens is 2. The number of hydrogen-bond donors (Lipinski definition) is 2. The molecule has 2 bridgehead atoms. The minimum absolute atomic E-state index is 0.381. The molecule has 0 saturated heterocycles. The van der Waals surface area contributed by atoms with Gasteiger partial charge in [-0.3, -0.25) is 0 Å². The number of imidazole rings is 1. The Balaban J connectivity index is 1.67. The fourth-order valence-corrected chi connectivity index (χ4v) is 5.06. The van der Waals surface area contributed by atoms with E-state index in [9.17, 15) is 0 Å². The molecule has 21 heavy (non-hydrogen) atoms. The lowest BCUT2D eigenvalue weighted by atomic mass is 9.68. The highest BCUT2D eigenvalue weighted by atomic mass is 15.0. The van der Waals surface area contributed by atoms with Crippen LogP contribution >= 0.6 is 0 Å². The van der Waals surface area contributed by atoms with E-state index in [-0.39, 0.29) is 0 Å². The van der Waals surface area contributed by atoms with E-state index < -0.39 is 0 Å². The third-order valence-electron chi connectivity index (χ3n) is 6.18. The Morgan fingerprint density at radius 2 is 2.10 bits per heavy atom. The number of rotatable bonds is 2. The van der Waals surface area contributed by atoms with Crippen molar-refractivity contribution in [2.24, 2.45) is 16.7 Å². The molecule has 0 radical (unpaired) electrons. The Labute approximate surface area is 126 Å². The summed E-state index contributed by atoms with van der Waals surface area (Å²) in [6.45, 7) is 9.36. The number of fused-ring (bicyclic) bond motifs is 3. The van der Waals surface area contributed by atoms with E-state index >= 15 is 0 Å². The second kappa shape index (κ2) is 4.02. The second-order valence-electron chi connectivity index (χ2n) is 8.05. The summed E-state index contributed by atoms with van der Waals surface area (Å²) in [5.74, 6) is 1.85. The van der Waals surface area contributed by atoms with Crippen LogP contribution in [0.5, 0.6) is 0 Å². The first-order valence-corrected chi connectivity index (χ1v) is 8.11. The van der Waals surface area contributed by atoms with E-state index in [4.69, 9.17) is 0 Å². The summed E-state index contributed by atoms with van der Waals surface area (Å²) >= 11 is 0. The number of hydrogen-bond acceptors (Lipinski definition) is 2. The van der Waals surface area contributed by atoms with E-state index in [2.05, 4.69) is 54.3 Å². The van der Waals surface area contributed by atoms with E-state index in [1.807, 2.05) is 6.92 Å². The molecule has 0 amide bonds. The van der Waals surface area contributed by atoms with E-state index in [1.54, 1.807) is 0 Å². The molecule has 1 heterocycles. The SMILES string of the molecule is Cc1nc2ccc(NC3C(C)(C)[C@H]4CC[C@]3(C)C4)cc2[nH]1. The van der Waals surface area contributed by atoms with Crippen LogP contribution in [0.3, 0.4) is 0 Å². The molecule has 3 atom stereocenters. The van der Waals surface area contributed by atoms with Crippen molar-refractivity contribution in [1.29, 1.82) is 0 Å². The van der Waals surface area contributed by atoms with Gasteiger partial charge < -0.3 is 10.3 Å². The third kappa shape index (κ3) is 1.82. The molecule has 0 aliphatic heterocycles. The molecule has 2 aliphatic rings. The van der Waals surface area contributed by atoms with Gasteiger partial charge in [0.25, 0.3) is 0 Å². The van der Waals surface area contributed by atoms with Gasteiger partial charge in [0.2, 0.25) is 0 Å². The molecule has 2 N–H and O–H groups in total. The van der Waals surface area contributed by atoms with Gasteiger partial charge in [0.1, 0.15) is 5.82 Å². The summed E-state index contributed by atoms with van der Waals surface area (Å²) in [5.41, 5.74) is 4.23.